The first kappa shape index (κ1) is 17.2. The van der Waals surface area contributed by atoms with Gasteiger partial charge in [0.25, 0.3) is 0 Å². The number of nitrogens with zero attached hydrogens (tertiary/aromatic N) is 1. The summed E-state index contributed by atoms with van der Waals surface area (Å²) in [6, 6.07) is 13.7. The Labute approximate surface area is 148 Å². The average Bonchev–Trinajstić information content (AvgIpc) is 2.76. The number of nitrogens with one attached hydrogen (secondary N) is 1. The van der Waals surface area contributed by atoms with E-state index in [1.54, 1.807) is 4.90 Å². The van der Waals surface area contributed by atoms with E-state index < -0.39 is 5.41 Å². The number of hydrogen-bond acceptors (Lipinski definition) is 2. The standard InChI is InChI=1S/C21H24N2O2/c1-5-15-7-9-16(10-8-15)22-19(24)13-23-18-11-6-14(2)12-17(18)21(3,4)20(23)25/h6-12H,5,13H2,1-4H3,(H,22,24). The molecule has 0 aromatic heterocycles. The van der Waals surface area contributed by atoms with Crippen LogP contribution in [-0.2, 0) is 21.4 Å². The first-order chi connectivity index (χ1) is 11.8. The van der Waals surface area contributed by atoms with Gasteiger partial charge < -0.3 is 10.2 Å². The summed E-state index contributed by atoms with van der Waals surface area (Å²) in [5, 5.41) is 2.88. The fourth-order valence-electron chi connectivity index (χ4n) is 3.27. The molecule has 1 aliphatic heterocycles. The van der Waals surface area contributed by atoms with E-state index in [0.29, 0.717) is 0 Å². The van der Waals surface area contributed by atoms with E-state index >= 15 is 0 Å². The molecule has 25 heavy (non-hydrogen) atoms. The lowest BCUT2D eigenvalue weighted by Crippen LogP contribution is -2.40. The lowest BCUT2D eigenvalue weighted by Gasteiger charge is -2.20. The highest BCUT2D eigenvalue weighted by atomic mass is 16.2. The maximum Gasteiger partial charge on any atom is 0.244 e. The Kier molecular flexibility index (Phi) is 4.38. The predicted octanol–water partition coefficient (Wildman–Crippen LogP) is 3.82. The number of rotatable bonds is 4. The number of carbonyl (C=O) groups excluding carboxylic acids is 2. The van der Waals surface area contributed by atoms with Crippen molar-refractivity contribution in [3.8, 4) is 0 Å². The minimum Gasteiger partial charge on any atom is -0.325 e. The molecule has 0 bridgehead atoms. The number of benzene rings is 2. The molecular formula is C21H24N2O2. The second kappa shape index (κ2) is 6.36. The lowest BCUT2D eigenvalue weighted by molar-refractivity contribution is -0.124. The van der Waals surface area contributed by atoms with Crippen LogP contribution in [0, 0.1) is 6.92 Å². The van der Waals surface area contributed by atoms with Crippen LogP contribution in [-0.4, -0.2) is 18.4 Å². The van der Waals surface area contributed by atoms with E-state index in [1.807, 2.05) is 63.2 Å². The molecule has 0 aliphatic carbocycles. The van der Waals surface area contributed by atoms with Crippen molar-refractivity contribution >= 4 is 23.2 Å². The molecule has 2 amide bonds. The van der Waals surface area contributed by atoms with Gasteiger partial charge in [-0.2, -0.15) is 0 Å². The molecule has 130 valence electrons. The number of hydrogen-bond donors (Lipinski definition) is 1. The first-order valence-corrected chi connectivity index (χ1v) is 8.65. The van der Waals surface area contributed by atoms with Gasteiger partial charge in [-0.15, -0.1) is 0 Å². The fraction of sp³-hybridized carbons (Fsp3) is 0.333. The van der Waals surface area contributed by atoms with Crippen molar-refractivity contribution in [1.82, 2.24) is 0 Å². The van der Waals surface area contributed by atoms with Gasteiger partial charge >= 0.3 is 0 Å². The van der Waals surface area contributed by atoms with Gasteiger partial charge in [0.1, 0.15) is 6.54 Å². The van der Waals surface area contributed by atoms with Gasteiger partial charge in [0.2, 0.25) is 11.8 Å². The summed E-state index contributed by atoms with van der Waals surface area (Å²) in [5.74, 6) is -0.230. The second-order valence-corrected chi connectivity index (χ2v) is 7.14. The Bertz CT molecular complexity index is 822. The fourth-order valence-corrected chi connectivity index (χ4v) is 3.27. The Morgan fingerprint density at radius 1 is 1.12 bits per heavy atom. The molecule has 0 saturated carbocycles. The van der Waals surface area contributed by atoms with Crippen LogP contribution in [0.3, 0.4) is 0 Å². The van der Waals surface area contributed by atoms with Crippen LogP contribution in [0.2, 0.25) is 0 Å². The summed E-state index contributed by atoms with van der Waals surface area (Å²) < 4.78 is 0. The third-order valence-electron chi connectivity index (χ3n) is 4.84. The molecule has 1 aliphatic rings. The summed E-state index contributed by atoms with van der Waals surface area (Å²) in [6.07, 6.45) is 0.960. The topological polar surface area (TPSA) is 49.4 Å². The van der Waals surface area contributed by atoms with Gasteiger partial charge in [-0.1, -0.05) is 36.8 Å². The molecule has 4 heteroatoms. The molecule has 0 saturated heterocycles. The molecule has 0 fully saturated rings. The highest BCUT2D eigenvalue weighted by Gasteiger charge is 2.44. The minimum absolute atomic E-state index is 0.0217. The number of amides is 2. The SMILES string of the molecule is CCc1ccc(NC(=O)CN2C(=O)C(C)(C)c3cc(C)ccc32)cc1. The number of fused-ring (bicyclic) bond motifs is 1. The Morgan fingerprint density at radius 3 is 2.44 bits per heavy atom. The molecular weight excluding hydrogens is 312 g/mol. The van der Waals surface area contributed by atoms with Crippen LogP contribution in [0.4, 0.5) is 11.4 Å². The van der Waals surface area contributed by atoms with Crippen LogP contribution < -0.4 is 10.2 Å². The highest BCUT2D eigenvalue weighted by Crippen LogP contribution is 2.41. The minimum atomic E-state index is -0.607. The monoisotopic (exact) mass is 336 g/mol. The summed E-state index contributed by atoms with van der Waals surface area (Å²) >= 11 is 0. The van der Waals surface area contributed by atoms with Gasteiger partial charge in [-0.3, -0.25) is 9.59 Å². The van der Waals surface area contributed by atoms with E-state index in [1.165, 1.54) is 5.56 Å². The molecule has 0 spiro atoms. The molecule has 1 heterocycles. The van der Waals surface area contributed by atoms with Crippen LogP contribution in [0.5, 0.6) is 0 Å². The van der Waals surface area contributed by atoms with E-state index in [0.717, 1.165) is 28.9 Å². The van der Waals surface area contributed by atoms with E-state index in [2.05, 4.69) is 12.2 Å². The van der Waals surface area contributed by atoms with Crippen molar-refractivity contribution in [2.75, 3.05) is 16.8 Å². The largest absolute Gasteiger partial charge is 0.325 e. The van der Waals surface area contributed by atoms with Gasteiger partial charge in [0, 0.05) is 11.4 Å². The predicted molar refractivity (Wildman–Crippen MR) is 101 cm³/mol. The molecule has 4 nitrogen and oxygen atoms in total. The highest BCUT2D eigenvalue weighted by molar-refractivity contribution is 6.11. The maximum atomic E-state index is 12.8. The van der Waals surface area contributed by atoms with Crippen molar-refractivity contribution in [2.24, 2.45) is 0 Å². The molecule has 2 aromatic carbocycles. The van der Waals surface area contributed by atoms with Crippen LogP contribution in [0.1, 0.15) is 37.5 Å². The van der Waals surface area contributed by atoms with Gasteiger partial charge in [-0.05, 0) is 56.5 Å². The Hall–Kier alpha value is -2.62. The Balaban J connectivity index is 1.78. The second-order valence-electron chi connectivity index (χ2n) is 7.14. The number of aryl methyl sites for hydroxylation is 2. The van der Waals surface area contributed by atoms with Crippen molar-refractivity contribution in [2.45, 2.75) is 39.5 Å². The van der Waals surface area contributed by atoms with Gasteiger partial charge in [0.15, 0.2) is 0 Å². The van der Waals surface area contributed by atoms with Crippen LogP contribution >= 0.6 is 0 Å². The summed E-state index contributed by atoms with van der Waals surface area (Å²) in [6.45, 7) is 7.95. The quantitative estimate of drug-likeness (QED) is 0.923. The summed E-state index contributed by atoms with van der Waals surface area (Å²) in [7, 11) is 0. The summed E-state index contributed by atoms with van der Waals surface area (Å²) in [5.41, 5.74) is 4.29. The third-order valence-corrected chi connectivity index (χ3v) is 4.84. The van der Waals surface area contributed by atoms with Crippen molar-refractivity contribution in [1.29, 1.82) is 0 Å². The first-order valence-electron chi connectivity index (χ1n) is 8.65. The molecule has 2 aromatic rings. The smallest absolute Gasteiger partial charge is 0.244 e. The molecule has 0 unspecified atom stereocenters. The number of carbonyl (C=O) groups is 2. The van der Waals surface area contributed by atoms with E-state index in [9.17, 15) is 9.59 Å². The normalized spacial score (nSPS) is 15.2. The molecule has 0 radical (unpaired) electrons. The average molecular weight is 336 g/mol. The van der Waals surface area contributed by atoms with Gasteiger partial charge in [0.05, 0.1) is 5.41 Å². The molecule has 0 atom stereocenters. The van der Waals surface area contributed by atoms with E-state index in [-0.39, 0.29) is 18.4 Å². The van der Waals surface area contributed by atoms with Crippen molar-refractivity contribution in [3.63, 3.8) is 0 Å². The summed E-state index contributed by atoms with van der Waals surface area (Å²) in [4.78, 5) is 26.9. The zero-order valence-corrected chi connectivity index (χ0v) is 15.2. The Morgan fingerprint density at radius 2 is 1.80 bits per heavy atom. The van der Waals surface area contributed by atoms with Crippen molar-refractivity contribution in [3.05, 3.63) is 59.2 Å². The zero-order chi connectivity index (χ0) is 18.2. The lowest BCUT2D eigenvalue weighted by atomic mass is 9.85. The zero-order valence-electron chi connectivity index (χ0n) is 15.2. The van der Waals surface area contributed by atoms with Crippen LogP contribution in [0.25, 0.3) is 0 Å². The number of anilines is 2. The third kappa shape index (κ3) is 3.16. The molecule has 3 rings (SSSR count). The van der Waals surface area contributed by atoms with Crippen molar-refractivity contribution < 1.29 is 9.59 Å². The van der Waals surface area contributed by atoms with E-state index in [4.69, 9.17) is 0 Å². The van der Waals surface area contributed by atoms with Crippen LogP contribution in [0.15, 0.2) is 42.5 Å². The molecule has 1 N–H and O–H groups in total. The maximum absolute atomic E-state index is 12.8. The van der Waals surface area contributed by atoms with Gasteiger partial charge in [-0.25, -0.2) is 0 Å².